The molecule has 0 saturated heterocycles. The quantitative estimate of drug-likeness (QED) is 0.653. The topological polar surface area (TPSA) is 22.1 Å². The van der Waals surface area contributed by atoms with Crippen LogP contribution in [0.15, 0.2) is 24.1 Å². The van der Waals surface area contributed by atoms with Crippen LogP contribution in [0.5, 0.6) is 0 Å². The van der Waals surface area contributed by atoms with Gasteiger partial charge in [-0.15, -0.1) is 0 Å². The van der Waals surface area contributed by atoms with Crippen LogP contribution in [0.4, 0.5) is 0 Å². The summed E-state index contributed by atoms with van der Waals surface area (Å²) >= 11 is 0. The van der Waals surface area contributed by atoms with E-state index in [-0.39, 0.29) is 0 Å². The van der Waals surface area contributed by atoms with Gasteiger partial charge in [-0.25, -0.2) is 0 Å². The molecule has 13 heavy (non-hydrogen) atoms. The maximum absolute atomic E-state index is 5.29. The smallest absolute Gasteiger partial charge is 0.0994 e. The van der Waals surface area contributed by atoms with Crippen LogP contribution in [0.2, 0.25) is 0 Å². The van der Waals surface area contributed by atoms with Crippen molar-refractivity contribution in [3.05, 3.63) is 35.3 Å². The number of allylic oxidation sites excluding steroid dienone is 1. The third-order valence-corrected chi connectivity index (χ3v) is 2.44. The van der Waals surface area contributed by atoms with Crippen molar-refractivity contribution in [2.75, 3.05) is 7.11 Å². The summed E-state index contributed by atoms with van der Waals surface area (Å²) in [6.07, 6.45) is 4.91. The Morgan fingerprint density at radius 1 is 1.54 bits per heavy atom. The Balaban J connectivity index is 2.44. The van der Waals surface area contributed by atoms with Crippen molar-refractivity contribution in [3.63, 3.8) is 0 Å². The zero-order chi connectivity index (χ0) is 9.26. The first-order valence-corrected chi connectivity index (χ1v) is 4.50. The van der Waals surface area contributed by atoms with Crippen LogP contribution in [0, 0.1) is 5.92 Å². The van der Waals surface area contributed by atoms with E-state index in [1.165, 1.54) is 11.3 Å². The summed E-state index contributed by atoms with van der Waals surface area (Å²) in [6.45, 7) is 2.16. The highest BCUT2D eigenvalue weighted by Gasteiger charge is 2.18. The lowest BCUT2D eigenvalue weighted by Gasteiger charge is -2.20. The molecule has 1 aliphatic rings. The van der Waals surface area contributed by atoms with E-state index in [0.717, 1.165) is 12.2 Å². The number of fused-ring (bicyclic) bond motifs is 1. The molecule has 0 bridgehead atoms. The fourth-order valence-corrected chi connectivity index (χ4v) is 1.70. The van der Waals surface area contributed by atoms with Crippen molar-refractivity contribution in [1.82, 2.24) is 4.98 Å². The SMILES string of the molecule is COC1=Cc2cccnc2CC1C. The lowest BCUT2D eigenvalue weighted by molar-refractivity contribution is 0.248. The van der Waals surface area contributed by atoms with Crippen LogP contribution in [0.3, 0.4) is 0 Å². The highest BCUT2D eigenvalue weighted by Crippen LogP contribution is 2.26. The highest BCUT2D eigenvalue weighted by molar-refractivity contribution is 5.56. The Labute approximate surface area is 78.3 Å². The summed E-state index contributed by atoms with van der Waals surface area (Å²) in [6, 6.07) is 4.03. The molecule has 1 heterocycles. The van der Waals surface area contributed by atoms with Gasteiger partial charge in [0.2, 0.25) is 0 Å². The first-order valence-electron chi connectivity index (χ1n) is 4.50. The van der Waals surface area contributed by atoms with Gasteiger partial charge in [0.15, 0.2) is 0 Å². The molecular formula is C11H13NO. The average Bonchev–Trinajstić information content (AvgIpc) is 2.17. The molecule has 0 N–H and O–H groups in total. The summed E-state index contributed by atoms with van der Waals surface area (Å²) < 4.78 is 5.29. The molecule has 0 amide bonds. The molecule has 2 rings (SSSR count). The fraction of sp³-hybridized carbons (Fsp3) is 0.364. The fourth-order valence-electron chi connectivity index (χ4n) is 1.70. The van der Waals surface area contributed by atoms with E-state index in [9.17, 15) is 0 Å². The number of hydrogen-bond donors (Lipinski definition) is 0. The summed E-state index contributed by atoms with van der Waals surface area (Å²) in [5.41, 5.74) is 2.37. The van der Waals surface area contributed by atoms with E-state index >= 15 is 0 Å². The Morgan fingerprint density at radius 3 is 3.15 bits per heavy atom. The van der Waals surface area contributed by atoms with Crippen LogP contribution in [-0.2, 0) is 11.2 Å². The minimum Gasteiger partial charge on any atom is -0.501 e. The van der Waals surface area contributed by atoms with Crippen LogP contribution >= 0.6 is 0 Å². The molecule has 2 heteroatoms. The summed E-state index contributed by atoms with van der Waals surface area (Å²) in [4.78, 5) is 4.34. The molecular weight excluding hydrogens is 162 g/mol. The van der Waals surface area contributed by atoms with Gasteiger partial charge >= 0.3 is 0 Å². The van der Waals surface area contributed by atoms with Crippen LogP contribution in [-0.4, -0.2) is 12.1 Å². The first kappa shape index (κ1) is 8.30. The molecule has 1 aromatic heterocycles. The molecule has 68 valence electrons. The molecule has 1 unspecified atom stereocenters. The Bertz CT molecular complexity index is 344. The van der Waals surface area contributed by atoms with E-state index in [4.69, 9.17) is 4.74 Å². The molecule has 0 aromatic carbocycles. The summed E-state index contributed by atoms with van der Waals surface area (Å²) in [5, 5.41) is 0. The molecule has 1 aromatic rings. The minimum absolute atomic E-state index is 0.451. The van der Waals surface area contributed by atoms with E-state index < -0.39 is 0 Å². The molecule has 0 fully saturated rings. The number of methoxy groups -OCH3 is 1. The lowest BCUT2D eigenvalue weighted by Crippen LogP contribution is -2.12. The minimum atomic E-state index is 0.451. The first-order chi connectivity index (χ1) is 6.31. The van der Waals surface area contributed by atoms with Gasteiger partial charge in [-0.3, -0.25) is 4.98 Å². The molecule has 0 aliphatic heterocycles. The maximum Gasteiger partial charge on any atom is 0.0994 e. The van der Waals surface area contributed by atoms with Gasteiger partial charge in [-0.05, 0) is 24.1 Å². The molecule has 2 nitrogen and oxygen atoms in total. The summed E-state index contributed by atoms with van der Waals surface area (Å²) in [5.74, 6) is 1.51. The third-order valence-electron chi connectivity index (χ3n) is 2.44. The molecule has 1 atom stereocenters. The highest BCUT2D eigenvalue weighted by atomic mass is 16.5. The Hall–Kier alpha value is -1.31. The van der Waals surface area contributed by atoms with Gasteiger partial charge < -0.3 is 4.74 Å². The summed E-state index contributed by atoms with van der Waals surface area (Å²) in [7, 11) is 1.73. The standard InChI is InChI=1S/C11H13NO/c1-8-6-10-9(4-3-5-12-10)7-11(8)13-2/h3-5,7-8H,6H2,1-2H3. The van der Waals surface area contributed by atoms with Crippen molar-refractivity contribution in [2.45, 2.75) is 13.3 Å². The number of pyridine rings is 1. The number of ether oxygens (including phenoxy) is 1. The van der Waals surface area contributed by atoms with Crippen molar-refractivity contribution >= 4 is 6.08 Å². The number of hydrogen-bond acceptors (Lipinski definition) is 2. The third kappa shape index (κ3) is 1.44. The van der Waals surface area contributed by atoms with Crippen molar-refractivity contribution < 1.29 is 4.74 Å². The van der Waals surface area contributed by atoms with E-state index in [2.05, 4.69) is 24.1 Å². The van der Waals surface area contributed by atoms with Gasteiger partial charge in [-0.1, -0.05) is 13.0 Å². The van der Waals surface area contributed by atoms with E-state index in [0.29, 0.717) is 5.92 Å². The Morgan fingerprint density at radius 2 is 2.38 bits per heavy atom. The molecule has 0 spiro atoms. The monoisotopic (exact) mass is 175 g/mol. The number of rotatable bonds is 1. The Kier molecular flexibility index (Phi) is 2.05. The predicted octanol–water partition coefficient (Wildman–Crippen LogP) is 2.26. The predicted molar refractivity (Wildman–Crippen MR) is 52.1 cm³/mol. The van der Waals surface area contributed by atoms with Crippen LogP contribution in [0.25, 0.3) is 6.08 Å². The molecule has 1 aliphatic carbocycles. The largest absolute Gasteiger partial charge is 0.501 e. The number of aromatic nitrogens is 1. The molecule has 0 radical (unpaired) electrons. The van der Waals surface area contributed by atoms with Crippen LogP contribution in [0.1, 0.15) is 18.2 Å². The maximum atomic E-state index is 5.29. The second-order valence-corrected chi connectivity index (χ2v) is 3.40. The second kappa shape index (κ2) is 3.21. The average molecular weight is 175 g/mol. The van der Waals surface area contributed by atoms with Gasteiger partial charge in [0.05, 0.1) is 12.9 Å². The van der Waals surface area contributed by atoms with Crippen molar-refractivity contribution in [1.29, 1.82) is 0 Å². The van der Waals surface area contributed by atoms with E-state index in [1.807, 2.05) is 12.3 Å². The zero-order valence-electron chi connectivity index (χ0n) is 7.95. The normalized spacial score (nSPS) is 20.5. The lowest BCUT2D eigenvalue weighted by atomic mass is 9.93. The van der Waals surface area contributed by atoms with Crippen molar-refractivity contribution in [3.8, 4) is 0 Å². The van der Waals surface area contributed by atoms with Gasteiger partial charge in [0, 0.05) is 17.8 Å². The second-order valence-electron chi connectivity index (χ2n) is 3.40. The van der Waals surface area contributed by atoms with Gasteiger partial charge in [-0.2, -0.15) is 0 Å². The van der Waals surface area contributed by atoms with Crippen molar-refractivity contribution in [2.24, 2.45) is 5.92 Å². The number of nitrogens with zero attached hydrogens (tertiary/aromatic N) is 1. The van der Waals surface area contributed by atoms with E-state index in [1.54, 1.807) is 7.11 Å². The van der Waals surface area contributed by atoms with Gasteiger partial charge in [0.25, 0.3) is 0 Å². The zero-order valence-corrected chi connectivity index (χ0v) is 7.95. The van der Waals surface area contributed by atoms with Gasteiger partial charge in [0.1, 0.15) is 0 Å². The van der Waals surface area contributed by atoms with Crippen LogP contribution < -0.4 is 0 Å². The molecule has 0 saturated carbocycles.